The Bertz CT molecular complexity index is 126. The van der Waals surface area contributed by atoms with Crippen LogP contribution < -0.4 is 21.9 Å². The molecule has 0 aliphatic heterocycles. The van der Waals surface area contributed by atoms with Crippen LogP contribution in [0, 0.1) is 0 Å². The first kappa shape index (κ1) is 13.3. The SMILES string of the molecule is C=CC(=O)OCC[NH+](C)C.[Br-]. The summed E-state index contributed by atoms with van der Waals surface area (Å²) in [6.07, 6.45) is 1.17. The second kappa shape index (κ2) is 7.75. The summed E-state index contributed by atoms with van der Waals surface area (Å²) in [5.74, 6) is -0.346. The number of quaternary nitrogens is 1. The number of hydrogen-bond acceptors (Lipinski definition) is 2. The molecule has 0 aromatic carbocycles. The molecule has 0 saturated carbocycles. The van der Waals surface area contributed by atoms with E-state index in [4.69, 9.17) is 4.74 Å². The Balaban J connectivity index is 0. The van der Waals surface area contributed by atoms with Gasteiger partial charge >= 0.3 is 5.97 Å². The number of nitrogens with one attached hydrogen (secondary N) is 1. The Kier molecular flexibility index (Phi) is 9.34. The molecule has 0 aromatic heterocycles. The number of ether oxygens (including phenoxy) is 1. The van der Waals surface area contributed by atoms with Crippen molar-refractivity contribution in [3.05, 3.63) is 12.7 Å². The van der Waals surface area contributed by atoms with E-state index < -0.39 is 0 Å². The molecule has 66 valence electrons. The van der Waals surface area contributed by atoms with Crippen LogP contribution in [-0.2, 0) is 9.53 Å². The zero-order valence-corrected chi connectivity index (χ0v) is 8.48. The highest BCUT2D eigenvalue weighted by Crippen LogP contribution is 1.74. The minimum absolute atomic E-state index is 0. The van der Waals surface area contributed by atoms with Crippen LogP contribution in [0.5, 0.6) is 0 Å². The highest BCUT2D eigenvalue weighted by Gasteiger charge is 1.96. The maximum Gasteiger partial charge on any atom is 0.330 e. The first-order valence-electron chi connectivity index (χ1n) is 3.25. The number of esters is 1. The van der Waals surface area contributed by atoms with Gasteiger partial charge in [0.25, 0.3) is 0 Å². The monoisotopic (exact) mass is 223 g/mol. The van der Waals surface area contributed by atoms with Gasteiger partial charge in [0, 0.05) is 6.08 Å². The van der Waals surface area contributed by atoms with E-state index in [1.54, 1.807) is 0 Å². The minimum atomic E-state index is -0.346. The molecule has 3 nitrogen and oxygen atoms in total. The number of rotatable bonds is 4. The standard InChI is InChI=1S/C7H13NO2.BrH/c1-4-7(9)10-6-5-8(2)3;/h4H,1,5-6H2,2-3H3;1H. The van der Waals surface area contributed by atoms with E-state index in [1.165, 1.54) is 11.0 Å². The molecule has 0 amide bonds. The lowest BCUT2D eigenvalue weighted by atomic mass is 10.6. The topological polar surface area (TPSA) is 30.7 Å². The van der Waals surface area contributed by atoms with E-state index in [2.05, 4.69) is 6.58 Å². The summed E-state index contributed by atoms with van der Waals surface area (Å²) in [6, 6.07) is 0. The van der Waals surface area contributed by atoms with Gasteiger partial charge in [0.05, 0.1) is 14.1 Å². The van der Waals surface area contributed by atoms with Crippen LogP contribution in [0.3, 0.4) is 0 Å². The lowest BCUT2D eigenvalue weighted by Gasteiger charge is -2.05. The Morgan fingerprint density at radius 1 is 1.64 bits per heavy atom. The smallest absolute Gasteiger partial charge is 0.330 e. The number of carbonyl (C=O) groups is 1. The molecule has 0 aliphatic rings. The summed E-state index contributed by atoms with van der Waals surface area (Å²) in [5.41, 5.74) is 0. The third-order valence-corrected chi connectivity index (χ3v) is 1.01. The molecule has 0 fully saturated rings. The Labute approximate surface area is 77.8 Å². The van der Waals surface area contributed by atoms with Crippen LogP contribution in [0.4, 0.5) is 0 Å². The fraction of sp³-hybridized carbons (Fsp3) is 0.571. The molecule has 0 heterocycles. The van der Waals surface area contributed by atoms with Crippen molar-refractivity contribution in [1.29, 1.82) is 0 Å². The van der Waals surface area contributed by atoms with Gasteiger partial charge in [-0.15, -0.1) is 0 Å². The maximum atomic E-state index is 10.4. The summed E-state index contributed by atoms with van der Waals surface area (Å²) in [7, 11) is 4.00. The van der Waals surface area contributed by atoms with Crippen molar-refractivity contribution in [2.45, 2.75) is 0 Å². The predicted octanol–water partition coefficient (Wildman–Crippen LogP) is -4.14. The van der Waals surface area contributed by atoms with Crippen molar-refractivity contribution < 1.29 is 31.4 Å². The molecular formula is C7H14BrNO2. The average Bonchev–Trinajstić information content (AvgIpc) is 1.87. The number of hydrogen-bond donors (Lipinski definition) is 1. The van der Waals surface area contributed by atoms with Gasteiger partial charge in [-0.3, -0.25) is 0 Å². The van der Waals surface area contributed by atoms with E-state index in [-0.39, 0.29) is 23.0 Å². The van der Waals surface area contributed by atoms with Crippen molar-refractivity contribution in [2.75, 3.05) is 27.2 Å². The fourth-order valence-electron chi connectivity index (χ4n) is 0.415. The number of carbonyl (C=O) groups excluding carboxylic acids is 1. The first-order valence-corrected chi connectivity index (χ1v) is 3.25. The van der Waals surface area contributed by atoms with E-state index in [0.29, 0.717) is 6.61 Å². The van der Waals surface area contributed by atoms with E-state index in [0.717, 1.165) is 6.54 Å². The summed E-state index contributed by atoms with van der Waals surface area (Å²) in [5, 5.41) is 0. The third-order valence-electron chi connectivity index (χ3n) is 1.01. The highest BCUT2D eigenvalue weighted by molar-refractivity contribution is 5.81. The largest absolute Gasteiger partial charge is 1.00 e. The quantitative estimate of drug-likeness (QED) is 0.388. The second-order valence-electron chi connectivity index (χ2n) is 2.33. The molecule has 11 heavy (non-hydrogen) atoms. The Morgan fingerprint density at radius 2 is 2.18 bits per heavy atom. The third kappa shape index (κ3) is 9.65. The maximum absolute atomic E-state index is 10.4. The lowest BCUT2D eigenvalue weighted by Crippen LogP contribution is -3.06. The van der Waals surface area contributed by atoms with Crippen LogP contribution in [-0.4, -0.2) is 33.2 Å². The Hall–Kier alpha value is -0.350. The van der Waals surface area contributed by atoms with E-state index in [1.807, 2.05) is 14.1 Å². The molecule has 0 bridgehead atoms. The van der Waals surface area contributed by atoms with Gasteiger partial charge in [0.2, 0.25) is 0 Å². The van der Waals surface area contributed by atoms with E-state index >= 15 is 0 Å². The molecule has 0 atom stereocenters. The van der Waals surface area contributed by atoms with Gasteiger partial charge in [-0.1, -0.05) is 6.58 Å². The molecule has 0 aliphatic carbocycles. The summed E-state index contributed by atoms with van der Waals surface area (Å²) < 4.78 is 4.72. The number of likely N-dealkylation sites (N-methyl/N-ethyl adjacent to an activating group) is 1. The van der Waals surface area contributed by atoms with Crippen molar-refractivity contribution in [3.63, 3.8) is 0 Å². The molecule has 0 unspecified atom stereocenters. The van der Waals surface area contributed by atoms with Crippen LogP contribution >= 0.6 is 0 Å². The first-order chi connectivity index (χ1) is 4.66. The fourth-order valence-corrected chi connectivity index (χ4v) is 0.415. The molecule has 4 heteroatoms. The number of halogens is 1. The summed E-state index contributed by atoms with van der Waals surface area (Å²) >= 11 is 0. The highest BCUT2D eigenvalue weighted by atomic mass is 79.9. The second-order valence-corrected chi connectivity index (χ2v) is 2.33. The van der Waals surface area contributed by atoms with Crippen molar-refractivity contribution in [3.8, 4) is 0 Å². The zero-order valence-electron chi connectivity index (χ0n) is 6.89. The molecule has 0 saturated heterocycles. The van der Waals surface area contributed by atoms with Crippen LogP contribution in [0.1, 0.15) is 0 Å². The molecule has 0 aromatic rings. The van der Waals surface area contributed by atoms with Crippen LogP contribution in [0.2, 0.25) is 0 Å². The van der Waals surface area contributed by atoms with Gasteiger partial charge in [-0.2, -0.15) is 0 Å². The van der Waals surface area contributed by atoms with Gasteiger partial charge in [0.15, 0.2) is 0 Å². The summed E-state index contributed by atoms with van der Waals surface area (Å²) in [4.78, 5) is 11.7. The lowest BCUT2D eigenvalue weighted by molar-refractivity contribution is -0.858. The van der Waals surface area contributed by atoms with E-state index in [9.17, 15) is 4.79 Å². The Morgan fingerprint density at radius 3 is 2.55 bits per heavy atom. The van der Waals surface area contributed by atoms with Crippen molar-refractivity contribution >= 4 is 5.97 Å². The zero-order chi connectivity index (χ0) is 7.98. The van der Waals surface area contributed by atoms with Crippen molar-refractivity contribution in [2.24, 2.45) is 0 Å². The van der Waals surface area contributed by atoms with Crippen LogP contribution in [0.25, 0.3) is 0 Å². The summed E-state index contributed by atoms with van der Waals surface area (Å²) in [6.45, 7) is 4.58. The molecule has 1 N–H and O–H groups in total. The molecule has 0 radical (unpaired) electrons. The minimum Gasteiger partial charge on any atom is -1.00 e. The van der Waals surface area contributed by atoms with Gasteiger partial charge in [-0.25, -0.2) is 4.79 Å². The van der Waals surface area contributed by atoms with Crippen molar-refractivity contribution in [1.82, 2.24) is 0 Å². The molecular weight excluding hydrogens is 210 g/mol. The van der Waals surface area contributed by atoms with Crippen LogP contribution in [0.15, 0.2) is 12.7 Å². The van der Waals surface area contributed by atoms with Gasteiger partial charge in [-0.05, 0) is 0 Å². The normalized spacial score (nSPS) is 8.64. The van der Waals surface area contributed by atoms with Gasteiger partial charge in [0.1, 0.15) is 13.2 Å². The molecule has 0 rings (SSSR count). The predicted molar refractivity (Wildman–Crippen MR) is 38.8 cm³/mol. The molecule has 0 spiro atoms. The average molecular weight is 224 g/mol. The van der Waals surface area contributed by atoms with Gasteiger partial charge < -0.3 is 26.6 Å².